The van der Waals surface area contributed by atoms with Gasteiger partial charge >= 0.3 is 0 Å². The monoisotopic (exact) mass is 397 g/mol. The molecule has 2 heterocycles. The molecule has 0 bridgehead atoms. The van der Waals surface area contributed by atoms with Gasteiger partial charge in [0.15, 0.2) is 11.5 Å². The van der Waals surface area contributed by atoms with Gasteiger partial charge in [0.05, 0.1) is 19.8 Å². The minimum Gasteiger partial charge on any atom is -0.497 e. The van der Waals surface area contributed by atoms with Crippen LogP contribution in [0.3, 0.4) is 0 Å². The van der Waals surface area contributed by atoms with Gasteiger partial charge in [-0.05, 0) is 43.2 Å². The largest absolute Gasteiger partial charge is 0.497 e. The number of hydrogen-bond donors (Lipinski definition) is 2. The third kappa shape index (κ3) is 4.78. The number of aliphatic imine (C=N–C) groups is 1. The number of methoxy groups -OCH3 is 1. The maximum Gasteiger partial charge on any atom is 0.258 e. The molecule has 8 nitrogen and oxygen atoms in total. The molecule has 1 amide bonds. The number of nitrogens with one attached hydrogen (secondary N) is 2. The van der Waals surface area contributed by atoms with E-state index in [1.165, 1.54) is 0 Å². The molecule has 29 heavy (non-hydrogen) atoms. The van der Waals surface area contributed by atoms with Gasteiger partial charge in [0.2, 0.25) is 12.8 Å². The summed E-state index contributed by atoms with van der Waals surface area (Å²) in [7, 11) is 1.60. The third-order valence-electron chi connectivity index (χ3n) is 4.68. The van der Waals surface area contributed by atoms with E-state index in [-0.39, 0.29) is 18.8 Å². The normalized spacial score (nSPS) is 17.8. The van der Waals surface area contributed by atoms with Gasteiger partial charge in [-0.1, -0.05) is 6.07 Å². The number of ether oxygens (including phenoxy) is 4. The van der Waals surface area contributed by atoms with Gasteiger partial charge in [0, 0.05) is 23.9 Å². The van der Waals surface area contributed by atoms with Crippen molar-refractivity contribution in [2.24, 2.45) is 4.99 Å². The first-order valence-corrected chi connectivity index (χ1v) is 9.49. The number of guanidine groups is 1. The number of nitrogens with zero attached hydrogens (tertiary/aromatic N) is 1. The van der Waals surface area contributed by atoms with Crippen molar-refractivity contribution in [1.82, 2.24) is 5.32 Å². The molecule has 0 aliphatic carbocycles. The number of anilines is 1. The van der Waals surface area contributed by atoms with Gasteiger partial charge in [-0.15, -0.1) is 0 Å². The Bertz CT molecular complexity index is 909. The molecule has 1 fully saturated rings. The van der Waals surface area contributed by atoms with Crippen LogP contribution < -0.4 is 24.8 Å². The van der Waals surface area contributed by atoms with E-state index in [0.29, 0.717) is 35.3 Å². The first-order valence-electron chi connectivity index (χ1n) is 9.49. The van der Waals surface area contributed by atoms with Crippen LogP contribution in [0.4, 0.5) is 5.69 Å². The Hall–Kier alpha value is -3.26. The summed E-state index contributed by atoms with van der Waals surface area (Å²) in [5.41, 5.74) is 1.20. The third-order valence-corrected chi connectivity index (χ3v) is 4.68. The Balaban J connectivity index is 1.50. The predicted molar refractivity (Wildman–Crippen MR) is 108 cm³/mol. The molecule has 4 rings (SSSR count). The van der Waals surface area contributed by atoms with Gasteiger partial charge < -0.3 is 24.3 Å². The van der Waals surface area contributed by atoms with Gasteiger partial charge in [0.25, 0.3) is 5.91 Å². The van der Waals surface area contributed by atoms with Crippen LogP contribution in [0.1, 0.15) is 23.2 Å². The fourth-order valence-corrected chi connectivity index (χ4v) is 3.15. The van der Waals surface area contributed by atoms with Crippen molar-refractivity contribution >= 4 is 17.6 Å². The maximum absolute atomic E-state index is 12.8. The highest BCUT2D eigenvalue weighted by Crippen LogP contribution is 2.32. The van der Waals surface area contributed by atoms with Crippen molar-refractivity contribution in [2.75, 3.05) is 32.4 Å². The highest BCUT2D eigenvalue weighted by atomic mass is 16.7. The van der Waals surface area contributed by atoms with Gasteiger partial charge in [-0.2, -0.15) is 0 Å². The zero-order chi connectivity index (χ0) is 20.1. The van der Waals surface area contributed by atoms with Crippen molar-refractivity contribution in [3.05, 3.63) is 48.0 Å². The molecule has 2 N–H and O–H groups in total. The van der Waals surface area contributed by atoms with Crippen molar-refractivity contribution in [1.29, 1.82) is 0 Å². The van der Waals surface area contributed by atoms with Crippen LogP contribution in [-0.4, -0.2) is 45.0 Å². The van der Waals surface area contributed by atoms with Crippen LogP contribution in [0.25, 0.3) is 0 Å². The number of amides is 1. The predicted octanol–water partition coefficient (Wildman–Crippen LogP) is 2.80. The summed E-state index contributed by atoms with van der Waals surface area (Å²) in [5.74, 6) is 1.93. The summed E-state index contributed by atoms with van der Waals surface area (Å²) in [6.07, 6.45) is 2.06. The molecule has 8 heteroatoms. The van der Waals surface area contributed by atoms with E-state index in [0.717, 1.165) is 25.1 Å². The topological polar surface area (TPSA) is 90.4 Å². The summed E-state index contributed by atoms with van der Waals surface area (Å²) in [5, 5.41) is 6.00. The standard InChI is InChI=1S/C21H23N3O5/c1-26-16-5-2-4-15(11-16)23-21(22-12-17-6-3-9-27-17)24-20(25)14-7-8-18-19(10-14)29-13-28-18/h2,4-5,7-8,10-11,17H,3,6,9,12-13H2,1H3,(H2,22,23,24,25)/t17-/m0/s1. The number of carbonyl (C=O) groups is 1. The highest BCUT2D eigenvalue weighted by molar-refractivity contribution is 6.10. The van der Waals surface area contributed by atoms with Crippen molar-refractivity contribution in [3.8, 4) is 17.2 Å². The Labute approximate surface area is 168 Å². The summed E-state index contributed by atoms with van der Waals surface area (Å²) < 4.78 is 21.5. The van der Waals surface area contributed by atoms with Gasteiger partial charge in [-0.25, -0.2) is 4.99 Å². The molecule has 2 aliphatic rings. The zero-order valence-electron chi connectivity index (χ0n) is 16.1. The lowest BCUT2D eigenvalue weighted by Gasteiger charge is -2.14. The lowest BCUT2D eigenvalue weighted by atomic mass is 10.2. The van der Waals surface area contributed by atoms with Gasteiger partial charge in [0.1, 0.15) is 5.75 Å². The lowest BCUT2D eigenvalue weighted by molar-refractivity contribution is 0.0975. The average Bonchev–Trinajstić information content (AvgIpc) is 3.43. The molecule has 0 unspecified atom stereocenters. The minimum atomic E-state index is -0.301. The lowest BCUT2D eigenvalue weighted by Crippen LogP contribution is -2.36. The van der Waals surface area contributed by atoms with Gasteiger partial charge in [-0.3, -0.25) is 10.1 Å². The minimum absolute atomic E-state index is 0.0690. The number of rotatable bonds is 5. The van der Waals surface area contributed by atoms with Crippen LogP contribution in [-0.2, 0) is 4.74 Å². The quantitative estimate of drug-likeness (QED) is 0.596. The second kappa shape index (κ2) is 8.83. The molecule has 0 radical (unpaired) electrons. The summed E-state index contributed by atoms with van der Waals surface area (Å²) in [6, 6.07) is 12.5. The smallest absolute Gasteiger partial charge is 0.258 e. The second-order valence-electron chi connectivity index (χ2n) is 6.70. The molecule has 1 saturated heterocycles. The van der Waals surface area contributed by atoms with E-state index >= 15 is 0 Å². The van der Waals surface area contributed by atoms with Crippen LogP contribution in [0.15, 0.2) is 47.5 Å². The number of fused-ring (bicyclic) bond motifs is 1. The first kappa shape index (κ1) is 19.1. The Kier molecular flexibility index (Phi) is 5.81. The fraction of sp³-hybridized carbons (Fsp3) is 0.333. The summed E-state index contributed by atoms with van der Waals surface area (Å²) in [4.78, 5) is 17.3. The Morgan fingerprint density at radius 1 is 1.21 bits per heavy atom. The second-order valence-corrected chi connectivity index (χ2v) is 6.70. The van der Waals surface area contributed by atoms with E-state index in [9.17, 15) is 4.79 Å². The molecular formula is C21H23N3O5. The average molecular weight is 397 g/mol. The molecule has 0 saturated carbocycles. The molecular weight excluding hydrogens is 374 g/mol. The highest BCUT2D eigenvalue weighted by Gasteiger charge is 2.18. The molecule has 2 aliphatic heterocycles. The maximum atomic E-state index is 12.8. The molecule has 0 aromatic heterocycles. The fourth-order valence-electron chi connectivity index (χ4n) is 3.15. The van der Waals surface area contributed by atoms with E-state index < -0.39 is 0 Å². The molecule has 0 spiro atoms. The van der Waals surface area contributed by atoms with Crippen molar-refractivity contribution < 1.29 is 23.7 Å². The Morgan fingerprint density at radius 3 is 2.93 bits per heavy atom. The summed E-state index contributed by atoms with van der Waals surface area (Å²) in [6.45, 7) is 1.38. The molecule has 2 aromatic rings. The number of carbonyl (C=O) groups excluding carboxylic acids is 1. The molecule has 152 valence electrons. The molecule has 1 atom stereocenters. The SMILES string of the molecule is COc1cccc(NC(=NC[C@@H]2CCCO2)NC(=O)c2ccc3c(c2)OCO3)c1. The van der Waals surface area contributed by atoms with Crippen LogP contribution in [0, 0.1) is 0 Å². The van der Waals surface area contributed by atoms with Crippen molar-refractivity contribution in [3.63, 3.8) is 0 Å². The van der Waals surface area contributed by atoms with Crippen LogP contribution in [0.5, 0.6) is 17.2 Å². The number of benzene rings is 2. The Morgan fingerprint density at radius 2 is 2.10 bits per heavy atom. The zero-order valence-corrected chi connectivity index (χ0v) is 16.1. The summed E-state index contributed by atoms with van der Waals surface area (Å²) >= 11 is 0. The van der Waals surface area contributed by atoms with E-state index in [2.05, 4.69) is 15.6 Å². The van der Waals surface area contributed by atoms with Crippen LogP contribution in [0.2, 0.25) is 0 Å². The van der Waals surface area contributed by atoms with E-state index in [1.54, 1.807) is 25.3 Å². The number of hydrogen-bond acceptors (Lipinski definition) is 6. The first-order chi connectivity index (χ1) is 14.2. The van der Waals surface area contributed by atoms with Crippen molar-refractivity contribution in [2.45, 2.75) is 18.9 Å². The van der Waals surface area contributed by atoms with E-state index in [1.807, 2.05) is 24.3 Å². The van der Waals surface area contributed by atoms with Crippen LogP contribution >= 0.6 is 0 Å². The van der Waals surface area contributed by atoms with E-state index in [4.69, 9.17) is 18.9 Å². The molecule has 2 aromatic carbocycles.